The number of alkyl halides is 1. The summed E-state index contributed by atoms with van der Waals surface area (Å²) in [5, 5.41) is 0.836. The van der Waals surface area contributed by atoms with Crippen molar-refractivity contribution in [1.82, 2.24) is 0 Å². The van der Waals surface area contributed by atoms with Crippen LogP contribution < -0.4 is 0 Å². The molecule has 132 valence electrons. The molecule has 4 nitrogen and oxygen atoms in total. The lowest BCUT2D eigenvalue weighted by Gasteiger charge is -2.27. The zero-order valence-electron chi connectivity index (χ0n) is 13.9. The van der Waals surface area contributed by atoms with Gasteiger partial charge in [-0.15, -0.1) is 0 Å². The van der Waals surface area contributed by atoms with Gasteiger partial charge in [0.2, 0.25) is 0 Å². The highest BCUT2D eigenvalue weighted by Crippen LogP contribution is 2.21. The summed E-state index contributed by atoms with van der Waals surface area (Å²) < 4.78 is 10.9. The third-order valence-electron chi connectivity index (χ3n) is 4.44. The Morgan fingerprint density at radius 2 is 1.83 bits per heavy atom. The van der Waals surface area contributed by atoms with Crippen molar-refractivity contribution >= 4 is 28.4 Å². The van der Waals surface area contributed by atoms with Gasteiger partial charge in [-0.3, -0.25) is 9.59 Å². The summed E-state index contributed by atoms with van der Waals surface area (Å²) in [6.07, 6.45) is 5.90. The quantitative estimate of drug-likeness (QED) is 0.408. The van der Waals surface area contributed by atoms with Crippen LogP contribution in [-0.2, 0) is 30.8 Å². The number of carbonyl (C=O) groups excluding carboxylic acids is 2. The van der Waals surface area contributed by atoms with Crippen molar-refractivity contribution < 1.29 is 19.1 Å². The summed E-state index contributed by atoms with van der Waals surface area (Å²) in [5.41, 5.74) is 2.42. The molecule has 5 heteroatoms. The van der Waals surface area contributed by atoms with Crippen LogP contribution in [0, 0.1) is 0 Å². The van der Waals surface area contributed by atoms with Crippen LogP contribution in [-0.4, -0.2) is 24.6 Å². The molecular weight excluding hydrogens is 372 g/mol. The molecule has 0 saturated carbocycles. The van der Waals surface area contributed by atoms with E-state index < -0.39 is 0 Å². The summed E-state index contributed by atoms with van der Waals surface area (Å²) in [4.78, 5) is 22.8. The molecule has 24 heavy (non-hydrogen) atoms. The Hall–Kier alpha value is -1.36. The number of halogens is 1. The summed E-state index contributed by atoms with van der Waals surface area (Å²) in [6, 6.07) is 8.36. The predicted molar refractivity (Wildman–Crippen MR) is 95.9 cm³/mol. The third kappa shape index (κ3) is 6.27. The molecule has 1 saturated heterocycles. The van der Waals surface area contributed by atoms with Gasteiger partial charge < -0.3 is 9.47 Å². The molecular formula is C19H25BrO4. The lowest BCUT2D eigenvalue weighted by atomic mass is 9.97. The first-order chi connectivity index (χ1) is 11.7. The highest BCUT2D eigenvalue weighted by molar-refractivity contribution is 9.08. The van der Waals surface area contributed by atoms with Crippen LogP contribution in [0.15, 0.2) is 24.3 Å². The third-order valence-corrected chi connectivity index (χ3v) is 5.09. The van der Waals surface area contributed by atoms with Gasteiger partial charge in [-0.25, -0.2) is 0 Å². The number of hydrogen-bond acceptors (Lipinski definition) is 4. The van der Waals surface area contributed by atoms with Crippen LogP contribution in [0.1, 0.15) is 56.1 Å². The minimum Gasteiger partial charge on any atom is -0.461 e. The highest BCUT2D eigenvalue weighted by Gasteiger charge is 2.27. The second-order valence-electron chi connectivity index (χ2n) is 6.24. The molecule has 2 rings (SSSR count). The van der Waals surface area contributed by atoms with E-state index in [1.54, 1.807) is 0 Å². The Labute approximate surface area is 152 Å². The van der Waals surface area contributed by atoms with Crippen molar-refractivity contribution in [2.24, 2.45) is 0 Å². The molecule has 0 radical (unpaired) electrons. The molecule has 2 unspecified atom stereocenters. The van der Waals surface area contributed by atoms with E-state index >= 15 is 0 Å². The Morgan fingerprint density at radius 1 is 1.12 bits per heavy atom. The predicted octanol–water partition coefficient (Wildman–Crippen LogP) is 4.32. The summed E-state index contributed by atoms with van der Waals surface area (Å²) >= 11 is 3.44. The van der Waals surface area contributed by atoms with Gasteiger partial charge in [-0.1, -0.05) is 53.0 Å². The minimum atomic E-state index is -0.364. The van der Waals surface area contributed by atoms with Crippen LogP contribution in [0.3, 0.4) is 0 Å². The van der Waals surface area contributed by atoms with E-state index in [0.717, 1.165) is 43.9 Å². The molecule has 0 N–H and O–H groups in total. The fraction of sp³-hybridized carbons (Fsp3) is 0.579. The standard InChI is InChI=1S/C19H25BrO4/c20-13-16-9-7-15(8-10-16)11-12-18-17(23-14-21)5-3-1-2-4-6-19(22)24-18/h7-10,14,17-18H,1-6,11-13H2. The lowest BCUT2D eigenvalue weighted by molar-refractivity contribution is -0.163. The van der Waals surface area contributed by atoms with Gasteiger partial charge in [-0.2, -0.15) is 0 Å². The largest absolute Gasteiger partial charge is 0.461 e. The average Bonchev–Trinajstić information content (AvgIpc) is 2.61. The van der Waals surface area contributed by atoms with Crippen molar-refractivity contribution in [3.05, 3.63) is 35.4 Å². The Morgan fingerprint density at radius 3 is 2.54 bits per heavy atom. The first-order valence-electron chi connectivity index (χ1n) is 8.65. The number of esters is 1. The summed E-state index contributed by atoms with van der Waals surface area (Å²) in [6.45, 7) is 0.474. The SMILES string of the molecule is O=COC1CCCCCCC(=O)OC1CCc1ccc(CBr)cc1. The maximum absolute atomic E-state index is 12.0. The maximum Gasteiger partial charge on any atom is 0.306 e. The zero-order chi connectivity index (χ0) is 17.2. The highest BCUT2D eigenvalue weighted by atomic mass is 79.9. The maximum atomic E-state index is 12.0. The van der Waals surface area contributed by atoms with E-state index in [0.29, 0.717) is 19.3 Å². The second-order valence-corrected chi connectivity index (χ2v) is 6.80. The van der Waals surface area contributed by atoms with Crippen LogP contribution in [0.5, 0.6) is 0 Å². The van der Waals surface area contributed by atoms with Crippen molar-refractivity contribution in [2.45, 2.75) is 68.9 Å². The summed E-state index contributed by atoms with van der Waals surface area (Å²) in [7, 11) is 0. The first kappa shape index (κ1) is 19.0. The number of aryl methyl sites for hydroxylation is 1. The van der Waals surface area contributed by atoms with Gasteiger partial charge >= 0.3 is 5.97 Å². The molecule has 0 aromatic heterocycles. The molecule has 1 aromatic carbocycles. The van der Waals surface area contributed by atoms with Crippen molar-refractivity contribution in [3.63, 3.8) is 0 Å². The molecule has 1 heterocycles. The molecule has 2 atom stereocenters. The van der Waals surface area contributed by atoms with E-state index in [1.165, 1.54) is 11.1 Å². The van der Waals surface area contributed by atoms with Gasteiger partial charge in [0.15, 0.2) is 0 Å². The van der Waals surface area contributed by atoms with Gasteiger partial charge in [0.25, 0.3) is 6.47 Å². The first-order valence-corrected chi connectivity index (χ1v) is 9.77. The Kier molecular flexibility index (Phi) is 8.29. The Balaban J connectivity index is 2.00. The number of cyclic esters (lactones) is 1. The van der Waals surface area contributed by atoms with Crippen LogP contribution in [0.25, 0.3) is 0 Å². The number of hydrogen-bond donors (Lipinski definition) is 0. The number of ether oxygens (including phenoxy) is 2. The van der Waals surface area contributed by atoms with E-state index in [-0.39, 0.29) is 18.2 Å². The molecule has 0 bridgehead atoms. The number of benzene rings is 1. The van der Waals surface area contributed by atoms with Gasteiger partial charge in [0.1, 0.15) is 12.2 Å². The van der Waals surface area contributed by atoms with Gasteiger partial charge in [-0.05, 0) is 43.2 Å². The zero-order valence-corrected chi connectivity index (χ0v) is 15.5. The Bertz CT molecular complexity index is 515. The topological polar surface area (TPSA) is 52.6 Å². The normalized spacial score (nSPS) is 22.5. The van der Waals surface area contributed by atoms with Gasteiger partial charge in [0.05, 0.1) is 0 Å². The van der Waals surface area contributed by atoms with Crippen molar-refractivity contribution in [1.29, 1.82) is 0 Å². The molecule has 1 aromatic rings. The fourth-order valence-electron chi connectivity index (χ4n) is 3.03. The molecule has 1 fully saturated rings. The fourth-order valence-corrected chi connectivity index (χ4v) is 3.41. The lowest BCUT2D eigenvalue weighted by Crippen LogP contribution is -2.34. The molecule has 0 amide bonds. The van der Waals surface area contributed by atoms with E-state index in [9.17, 15) is 9.59 Å². The summed E-state index contributed by atoms with van der Waals surface area (Å²) in [5.74, 6) is -0.184. The smallest absolute Gasteiger partial charge is 0.306 e. The van der Waals surface area contributed by atoms with E-state index in [4.69, 9.17) is 9.47 Å². The average molecular weight is 397 g/mol. The van der Waals surface area contributed by atoms with Crippen molar-refractivity contribution in [2.75, 3.05) is 0 Å². The minimum absolute atomic E-state index is 0.184. The van der Waals surface area contributed by atoms with E-state index in [1.807, 2.05) is 0 Å². The molecule has 0 spiro atoms. The van der Waals surface area contributed by atoms with Gasteiger partial charge in [0, 0.05) is 11.8 Å². The number of rotatable bonds is 6. The molecule has 1 aliphatic heterocycles. The van der Waals surface area contributed by atoms with Crippen LogP contribution in [0.2, 0.25) is 0 Å². The second kappa shape index (κ2) is 10.5. The molecule has 0 aliphatic carbocycles. The molecule has 1 aliphatic rings. The van der Waals surface area contributed by atoms with Crippen LogP contribution >= 0.6 is 15.9 Å². The monoisotopic (exact) mass is 396 g/mol. The van der Waals surface area contributed by atoms with E-state index in [2.05, 4.69) is 40.2 Å². The van der Waals surface area contributed by atoms with Crippen LogP contribution in [0.4, 0.5) is 0 Å². The van der Waals surface area contributed by atoms with Crippen molar-refractivity contribution in [3.8, 4) is 0 Å². The number of carbonyl (C=O) groups is 2.